The van der Waals surface area contributed by atoms with E-state index in [9.17, 15) is 13.5 Å². The number of aromatic nitrogens is 1. The molecule has 1 fully saturated rings. The lowest BCUT2D eigenvalue weighted by Gasteiger charge is -2.35. The Kier molecular flexibility index (Phi) is 4.69. The Morgan fingerprint density at radius 3 is 3.00 bits per heavy atom. The first-order valence-electron chi connectivity index (χ1n) is 6.64. The Morgan fingerprint density at radius 1 is 1.60 bits per heavy atom. The molecule has 0 spiro atoms. The standard InChI is InChI=1S/C13H19ClN2O3S/c1-10-3-2-5-13(17,8-10)9-16-20(18,19)11-4-6-15-12(14)7-11/h4,6-7,10,16-17H,2-3,5,8-9H2,1H3. The number of hydrogen-bond donors (Lipinski definition) is 2. The summed E-state index contributed by atoms with van der Waals surface area (Å²) in [5.41, 5.74) is -0.957. The van der Waals surface area contributed by atoms with Crippen molar-refractivity contribution in [1.82, 2.24) is 9.71 Å². The largest absolute Gasteiger partial charge is 0.389 e. The highest BCUT2D eigenvalue weighted by Gasteiger charge is 2.33. The summed E-state index contributed by atoms with van der Waals surface area (Å²) < 4.78 is 26.8. The van der Waals surface area contributed by atoms with E-state index in [4.69, 9.17) is 11.6 Å². The monoisotopic (exact) mass is 318 g/mol. The third-order valence-electron chi connectivity index (χ3n) is 3.67. The summed E-state index contributed by atoms with van der Waals surface area (Å²) in [6.45, 7) is 2.10. The van der Waals surface area contributed by atoms with Crippen LogP contribution in [0.25, 0.3) is 0 Å². The fourth-order valence-corrected chi connectivity index (χ4v) is 4.03. The van der Waals surface area contributed by atoms with Crippen molar-refractivity contribution < 1.29 is 13.5 Å². The molecule has 2 rings (SSSR count). The molecule has 1 heterocycles. The number of pyridine rings is 1. The topological polar surface area (TPSA) is 79.3 Å². The Balaban J connectivity index is 2.06. The maximum atomic E-state index is 12.1. The van der Waals surface area contributed by atoms with Crippen LogP contribution in [0.3, 0.4) is 0 Å². The van der Waals surface area contributed by atoms with Crippen molar-refractivity contribution in [3.63, 3.8) is 0 Å². The van der Waals surface area contributed by atoms with Crippen molar-refractivity contribution in [2.24, 2.45) is 5.92 Å². The lowest BCUT2D eigenvalue weighted by atomic mass is 9.79. The third-order valence-corrected chi connectivity index (χ3v) is 5.27. The lowest BCUT2D eigenvalue weighted by molar-refractivity contribution is -0.00751. The van der Waals surface area contributed by atoms with Gasteiger partial charge in [0, 0.05) is 12.7 Å². The van der Waals surface area contributed by atoms with Crippen LogP contribution in [0.5, 0.6) is 0 Å². The predicted octanol–water partition coefficient (Wildman–Crippen LogP) is 1.95. The zero-order chi connectivity index (χ0) is 14.8. The molecule has 112 valence electrons. The second-order valence-electron chi connectivity index (χ2n) is 5.56. The van der Waals surface area contributed by atoms with E-state index in [1.165, 1.54) is 18.3 Å². The minimum atomic E-state index is -3.67. The fourth-order valence-electron chi connectivity index (χ4n) is 2.66. The van der Waals surface area contributed by atoms with Gasteiger partial charge in [0.05, 0.1) is 10.5 Å². The molecule has 20 heavy (non-hydrogen) atoms. The number of halogens is 1. The van der Waals surface area contributed by atoms with Crippen molar-refractivity contribution in [3.8, 4) is 0 Å². The molecular formula is C13H19ClN2O3S. The average molecular weight is 319 g/mol. The van der Waals surface area contributed by atoms with E-state index in [1.54, 1.807) is 0 Å². The van der Waals surface area contributed by atoms with E-state index in [2.05, 4.69) is 16.6 Å². The zero-order valence-electron chi connectivity index (χ0n) is 11.3. The molecule has 2 N–H and O–H groups in total. The van der Waals surface area contributed by atoms with Gasteiger partial charge in [-0.3, -0.25) is 0 Å². The number of nitrogens with one attached hydrogen (secondary N) is 1. The van der Waals surface area contributed by atoms with Gasteiger partial charge in [-0.15, -0.1) is 0 Å². The first-order valence-corrected chi connectivity index (χ1v) is 8.50. The van der Waals surface area contributed by atoms with Gasteiger partial charge in [-0.25, -0.2) is 18.1 Å². The maximum Gasteiger partial charge on any atom is 0.240 e. The normalized spacial score (nSPS) is 27.4. The van der Waals surface area contributed by atoms with E-state index >= 15 is 0 Å². The van der Waals surface area contributed by atoms with Crippen LogP contribution in [0.1, 0.15) is 32.6 Å². The number of nitrogens with zero attached hydrogens (tertiary/aromatic N) is 1. The summed E-state index contributed by atoms with van der Waals surface area (Å²) in [4.78, 5) is 3.81. The van der Waals surface area contributed by atoms with Crippen molar-refractivity contribution in [2.45, 2.75) is 43.1 Å². The van der Waals surface area contributed by atoms with Gasteiger partial charge in [-0.1, -0.05) is 31.4 Å². The van der Waals surface area contributed by atoms with Crippen LogP contribution in [0, 0.1) is 5.92 Å². The zero-order valence-corrected chi connectivity index (χ0v) is 12.9. The molecule has 1 aromatic heterocycles. The highest BCUT2D eigenvalue weighted by atomic mass is 35.5. The van der Waals surface area contributed by atoms with Gasteiger partial charge in [0.15, 0.2) is 0 Å². The third kappa shape index (κ3) is 3.91. The van der Waals surface area contributed by atoms with E-state index < -0.39 is 15.6 Å². The van der Waals surface area contributed by atoms with Crippen LogP contribution < -0.4 is 4.72 Å². The van der Waals surface area contributed by atoms with E-state index in [0.717, 1.165) is 12.8 Å². The molecule has 7 heteroatoms. The molecule has 5 nitrogen and oxygen atoms in total. The van der Waals surface area contributed by atoms with Crippen molar-refractivity contribution >= 4 is 21.6 Å². The van der Waals surface area contributed by atoms with Crippen molar-refractivity contribution in [3.05, 3.63) is 23.5 Å². The molecule has 1 aromatic rings. The van der Waals surface area contributed by atoms with Gasteiger partial charge in [-0.05, 0) is 30.9 Å². The summed E-state index contributed by atoms with van der Waals surface area (Å²) in [6.07, 6.45) is 4.58. The Morgan fingerprint density at radius 2 is 2.35 bits per heavy atom. The highest BCUT2D eigenvalue weighted by Crippen LogP contribution is 2.31. The molecule has 1 aliphatic rings. The molecule has 0 aliphatic heterocycles. The summed E-state index contributed by atoms with van der Waals surface area (Å²) >= 11 is 5.69. The average Bonchev–Trinajstić information content (AvgIpc) is 2.37. The van der Waals surface area contributed by atoms with Crippen LogP contribution in [-0.2, 0) is 10.0 Å². The van der Waals surface area contributed by atoms with Crippen molar-refractivity contribution in [2.75, 3.05) is 6.54 Å². The summed E-state index contributed by atoms with van der Waals surface area (Å²) in [5, 5.41) is 10.6. The summed E-state index contributed by atoms with van der Waals surface area (Å²) in [5.74, 6) is 0.411. The van der Waals surface area contributed by atoms with Gasteiger partial charge < -0.3 is 5.11 Å². The Hall–Kier alpha value is -0.690. The van der Waals surface area contributed by atoms with Crippen LogP contribution >= 0.6 is 11.6 Å². The van der Waals surface area contributed by atoms with Gasteiger partial charge in [0.1, 0.15) is 5.15 Å². The second-order valence-corrected chi connectivity index (χ2v) is 7.72. The molecule has 2 unspecified atom stereocenters. The molecule has 2 atom stereocenters. The van der Waals surface area contributed by atoms with E-state index in [1.807, 2.05) is 0 Å². The molecule has 0 bridgehead atoms. The minimum Gasteiger partial charge on any atom is -0.389 e. The second kappa shape index (κ2) is 5.97. The van der Waals surface area contributed by atoms with Crippen LogP contribution in [0.4, 0.5) is 0 Å². The lowest BCUT2D eigenvalue weighted by Crippen LogP contribution is -2.45. The van der Waals surface area contributed by atoms with Crippen LogP contribution in [0.2, 0.25) is 5.15 Å². The van der Waals surface area contributed by atoms with Gasteiger partial charge in [0.25, 0.3) is 0 Å². The Bertz CT molecular complexity index is 579. The molecule has 1 saturated carbocycles. The summed E-state index contributed by atoms with van der Waals surface area (Å²) in [7, 11) is -3.67. The molecule has 0 amide bonds. The van der Waals surface area contributed by atoms with E-state index in [0.29, 0.717) is 18.8 Å². The quantitative estimate of drug-likeness (QED) is 0.832. The summed E-state index contributed by atoms with van der Waals surface area (Å²) in [6, 6.07) is 2.67. The SMILES string of the molecule is CC1CCCC(O)(CNS(=O)(=O)c2ccnc(Cl)c2)C1. The molecule has 0 aromatic carbocycles. The van der Waals surface area contributed by atoms with Gasteiger partial charge in [-0.2, -0.15) is 0 Å². The first-order chi connectivity index (χ1) is 9.31. The van der Waals surface area contributed by atoms with Gasteiger partial charge >= 0.3 is 0 Å². The van der Waals surface area contributed by atoms with E-state index in [-0.39, 0.29) is 16.6 Å². The smallest absolute Gasteiger partial charge is 0.240 e. The van der Waals surface area contributed by atoms with Crippen molar-refractivity contribution in [1.29, 1.82) is 0 Å². The number of sulfonamides is 1. The fraction of sp³-hybridized carbons (Fsp3) is 0.615. The maximum absolute atomic E-state index is 12.1. The first kappa shape index (κ1) is 15.7. The number of hydrogen-bond acceptors (Lipinski definition) is 4. The Labute approximate surface area is 124 Å². The minimum absolute atomic E-state index is 0.0274. The van der Waals surface area contributed by atoms with Gasteiger partial charge in [0.2, 0.25) is 10.0 Å². The molecular weight excluding hydrogens is 300 g/mol. The predicted molar refractivity (Wildman–Crippen MR) is 77.0 cm³/mol. The molecule has 0 radical (unpaired) electrons. The molecule has 1 aliphatic carbocycles. The number of aliphatic hydroxyl groups is 1. The number of rotatable bonds is 4. The molecule has 0 saturated heterocycles. The van der Waals surface area contributed by atoms with Crippen LogP contribution in [0.15, 0.2) is 23.2 Å². The van der Waals surface area contributed by atoms with Crippen LogP contribution in [-0.4, -0.2) is 30.7 Å². The highest BCUT2D eigenvalue weighted by molar-refractivity contribution is 7.89.